The summed E-state index contributed by atoms with van der Waals surface area (Å²) >= 11 is 1.13. The fraction of sp³-hybridized carbons (Fsp3) is 0.824. The molecule has 0 radical (unpaired) electrons. The number of carbonyl (C=O) groups is 1. The van der Waals surface area contributed by atoms with Crippen LogP contribution in [0.2, 0.25) is 0 Å². The molecule has 1 aromatic rings. The number of hydrogen-bond acceptors (Lipinski definition) is 4. The summed E-state index contributed by atoms with van der Waals surface area (Å²) in [4.78, 5) is 13.3. The summed E-state index contributed by atoms with van der Waals surface area (Å²) in [6, 6.07) is 0. The van der Waals surface area contributed by atoms with Gasteiger partial charge in [-0.15, -0.1) is 10.2 Å². The molecule has 0 fully saturated rings. The van der Waals surface area contributed by atoms with Crippen molar-refractivity contribution in [1.29, 1.82) is 0 Å². The van der Waals surface area contributed by atoms with Gasteiger partial charge in [-0.3, -0.25) is 4.79 Å². The summed E-state index contributed by atoms with van der Waals surface area (Å²) in [7, 11) is 5.43. The number of thioether (sulfide) groups is 1. The number of aryl methyl sites for hydroxylation is 1. The van der Waals surface area contributed by atoms with Crippen LogP contribution in [0.15, 0.2) is 5.16 Å². The maximum Gasteiger partial charge on any atom is 0.288 e. The zero-order valence-corrected chi connectivity index (χ0v) is 16.0. The van der Waals surface area contributed by atoms with Gasteiger partial charge < -0.3 is 9.47 Å². The molecule has 1 amide bonds. The quantitative estimate of drug-likeness (QED) is 0.434. The van der Waals surface area contributed by atoms with Crippen LogP contribution < -0.4 is 0 Å². The van der Waals surface area contributed by atoms with E-state index in [0.29, 0.717) is 5.16 Å². The molecule has 0 saturated carbocycles. The molecular formula is C17H32N4OS. The molecule has 0 aliphatic heterocycles. The van der Waals surface area contributed by atoms with E-state index in [-0.39, 0.29) is 5.24 Å². The minimum atomic E-state index is -0.0184. The van der Waals surface area contributed by atoms with Gasteiger partial charge in [0.2, 0.25) is 0 Å². The highest BCUT2D eigenvalue weighted by Crippen LogP contribution is 2.19. The Labute approximate surface area is 145 Å². The van der Waals surface area contributed by atoms with Gasteiger partial charge in [-0.2, -0.15) is 0 Å². The second-order valence-electron chi connectivity index (χ2n) is 6.30. The summed E-state index contributed by atoms with van der Waals surface area (Å²) in [6.45, 7) is 2.26. The Bertz CT molecular complexity index is 459. The van der Waals surface area contributed by atoms with Crippen LogP contribution in [-0.2, 0) is 13.5 Å². The van der Waals surface area contributed by atoms with E-state index in [9.17, 15) is 4.79 Å². The first-order valence-corrected chi connectivity index (χ1v) is 9.65. The van der Waals surface area contributed by atoms with Gasteiger partial charge in [-0.25, -0.2) is 0 Å². The predicted molar refractivity (Wildman–Crippen MR) is 96.9 cm³/mol. The van der Waals surface area contributed by atoms with Crippen LogP contribution in [0, 0.1) is 0 Å². The van der Waals surface area contributed by atoms with Crippen molar-refractivity contribution in [1.82, 2.24) is 19.7 Å². The van der Waals surface area contributed by atoms with E-state index >= 15 is 0 Å². The molecular weight excluding hydrogens is 308 g/mol. The number of nitrogens with zero attached hydrogens (tertiary/aromatic N) is 4. The summed E-state index contributed by atoms with van der Waals surface area (Å²) < 4.78 is 1.94. The van der Waals surface area contributed by atoms with Crippen molar-refractivity contribution in [2.45, 2.75) is 76.3 Å². The van der Waals surface area contributed by atoms with Gasteiger partial charge in [-0.1, -0.05) is 58.3 Å². The Hall–Kier alpha value is -1.04. The van der Waals surface area contributed by atoms with Gasteiger partial charge in [0, 0.05) is 39.3 Å². The van der Waals surface area contributed by atoms with Crippen molar-refractivity contribution in [3.8, 4) is 0 Å². The van der Waals surface area contributed by atoms with Gasteiger partial charge in [-0.05, 0) is 6.42 Å². The van der Waals surface area contributed by atoms with Crippen molar-refractivity contribution < 1.29 is 4.79 Å². The van der Waals surface area contributed by atoms with Crippen molar-refractivity contribution in [3.63, 3.8) is 0 Å². The molecule has 0 spiro atoms. The van der Waals surface area contributed by atoms with Crippen molar-refractivity contribution in [3.05, 3.63) is 5.82 Å². The Morgan fingerprint density at radius 1 is 1.00 bits per heavy atom. The number of unbranched alkanes of at least 4 members (excludes halogenated alkanes) is 8. The number of hydrogen-bond donors (Lipinski definition) is 0. The lowest BCUT2D eigenvalue weighted by molar-refractivity contribution is 0.241. The fourth-order valence-corrected chi connectivity index (χ4v) is 3.08. The van der Waals surface area contributed by atoms with Gasteiger partial charge >= 0.3 is 0 Å². The minimum Gasteiger partial charge on any atom is -0.339 e. The predicted octanol–water partition coefficient (Wildman–Crippen LogP) is 4.66. The highest BCUT2D eigenvalue weighted by molar-refractivity contribution is 8.13. The molecule has 0 aliphatic carbocycles. The second kappa shape index (κ2) is 11.5. The highest BCUT2D eigenvalue weighted by atomic mass is 32.2. The number of amides is 1. The highest BCUT2D eigenvalue weighted by Gasteiger charge is 2.14. The molecule has 1 aromatic heterocycles. The van der Waals surface area contributed by atoms with Crippen LogP contribution >= 0.6 is 11.8 Å². The Morgan fingerprint density at radius 3 is 2.13 bits per heavy atom. The van der Waals surface area contributed by atoms with E-state index in [1.165, 1.54) is 51.4 Å². The molecule has 0 aliphatic rings. The average molecular weight is 341 g/mol. The molecule has 0 bridgehead atoms. The van der Waals surface area contributed by atoms with Crippen molar-refractivity contribution in [2.24, 2.45) is 7.05 Å². The first kappa shape index (κ1) is 20.0. The largest absolute Gasteiger partial charge is 0.339 e. The third kappa shape index (κ3) is 7.86. The third-order valence-corrected chi connectivity index (χ3v) is 5.05. The van der Waals surface area contributed by atoms with Crippen LogP contribution in [0.4, 0.5) is 4.79 Å². The normalized spacial score (nSPS) is 11.0. The molecule has 0 N–H and O–H groups in total. The van der Waals surface area contributed by atoms with Crippen LogP contribution in [0.5, 0.6) is 0 Å². The summed E-state index contributed by atoms with van der Waals surface area (Å²) in [5, 5.41) is 9.00. The first-order chi connectivity index (χ1) is 11.1. The van der Waals surface area contributed by atoms with Gasteiger partial charge in [0.1, 0.15) is 5.82 Å². The standard InChI is InChI=1S/C17H32N4OS/c1-5-6-7-8-9-10-11-12-13-14-15-18-19-16(21(15)4)23-17(22)20(2)3/h5-14H2,1-4H3. The van der Waals surface area contributed by atoms with E-state index in [0.717, 1.165) is 30.4 Å². The number of aromatic nitrogens is 3. The van der Waals surface area contributed by atoms with Crippen LogP contribution in [0.25, 0.3) is 0 Å². The average Bonchev–Trinajstić information content (AvgIpc) is 2.86. The monoisotopic (exact) mass is 340 g/mol. The van der Waals surface area contributed by atoms with Crippen LogP contribution in [-0.4, -0.2) is 39.0 Å². The lowest BCUT2D eigenvalue weighted by Crippen LogP contribution is -2.16. The van der Waals surface area contributed by atoms with E-state index < -0.39 is 0 Å². The lowest BCUT2D eigenvalue weighted by Gasteiger charge is -2.08. The van der Waals surface area contributed by atoms with Gasteiger partial charge in [0.25, 0.3) is 5.24 Å². The lowest BCUT2D eigenvalue weighted by atomic mass is 10.1. The Morgan fingerprint density at radius 2 is 1.57 bits per heavy atom. The molecule has 23 heavy (non-hydrogen) atoms. The maximum atomic E-state index is 11.7. The first-order valence-electron chi connectivity index (χ1n) is 8.83. The summed E-state index contributed by atoms with van der Waals surface area (Å²) in [5.41, 5.74) is 0. The number of carbonyl (C=O) groups excluding carboxylic acids is 1. The van der Waals surface area contributed by atoms with Crippen molar-refractivity contribution >= 4 is 17.0 Å². The van der Waals surface area contributed by atoms with Crippen LogP contribution in [0.3, 0.4) is 0 Å². The van der Waals surface area contributed by atoms with E-state index in [1.54, 1.807) is 19.0 Å². The number of rotatable bonds is 11. The zero-order chi connectivity index (χ0) is 17.1. The molecule has 6 heteroatoms. The minimum absolute atomic E-state index is 0.0184. The molecule has 0 atom stereocenters. The molecule has 0 unspecified atom stereocenters. The van der Waals surface area contributed by atoms with Crippen molar-refractivity contribution in [2.75, 3.05) is 14.1 Å². The molecule has 1 rings (SSSR count). The van der Waals surface area contributed by atoms with E-state index in [2.05, 4.69) is 17.1 Å². The fourth-order valence-electron chi connectivity index (χ4n) is 2.41. The Kier molecular flexibility index (Phi) is 9.99. The Balaban J connectivity index is 2.18. The molecule has 0 saturated heterocycles. The zero-order valence-electron chi connectivity index (χ0n) is 15.2. The smallest absolute Gasteiger partial charge is 0.288 e. The molecule has 1 heterocycles. The molecule has 5 nitrogen and oxygen atoms in total. The molecule has 132 valence electrons. The SMILES string of the molecule is CCCCCCCCCCCc1nnc(SC(=O)N(C)C)n1C. The second-order valence-corrected chi connectivity index (χ2v) is 7.22. The molecule has 0 aromatic carbocycles. The third-order valence-electron chi connectivity index (χ3n) is 3.97. The topological polar surface area (TPSA) is 51.0 Å². The van der Waals surface area contributed by atoms with Gasteiger partial charge in [0.15, 0.2) is 5.16 Å². The van der Waals surface area contributed by atoms with E-state index in [1.807, 2.05) is 11.6 Å². The van der Waals surface area contributed by atoms with Gasteiger partial charge in [0.05, 0.1) is 0 Å². The maximum absolute atomic E-state index is 11.7. The summed E-state index contributed by atoms with van der Waals surface area (Å²) in [5.74, 6) is 0.974. The van der Waals surface area contributed by atoms with Crippen LogP contribution in [0.1, 0.15) is 70.5 Å². The van der Waals surface area contributed by atoms with E-state index in [4.69, 9.17) is 0 Å². The summed E-state index contributed by atoms with van der Waals surface area (Å²) in [6.07, 6.45) is 12.8.